The van der Waals surface area contributed by atoms with E-state index in [0.29, 0.717) is 12.2 Å². The predicted octanol–water partition coefficient (Wildman–Crippen LogP) is -0.178. The molecule has 0 aromatic carbocycles. The summed E-state index contributed by atoms with van der Waals surface area (Å²) in [6.07, 6.45) is 8.64. The zero-order valence-electron chi connectivity index (χ0n) is 21.9. The first-order valence-electron chi connectivity index (χ1n) is 12.7. The van der Waals surface area contributed by atoms with Crippen LogP contribution in [0.5, 0.6) is 0 Å². The molecule has 3 aliphatic heterocycles. The summed E-state index contributed by atoms with van der Waals surface area (Å²) < 4.78 is 26.4. The number of hydrogen-bond acceptors (Lipinski definition) is 9. The van der Waals surface area contributed by atoms with Crippen LogP contribution in [0.4, 0.5) is 0 Å². The SMILES string of the molecule is CC1=CC2C=C(C(=O)N[C@@H]3CN(S(=O)(=O)CC(=O)O)C[C@H]3NC(=O)c3nc4c(s3)CN(C)CC4)NC2(C)C=C1. The number of carbonyl (C=O) groups excluding carboxylic acids is 2. The molecule has 0 saturated carbocycles. The Kier molecular flexibility index (Phi) is 7.16. The molecule has 0 spiro atoms. The lowest BCUT2D eigenvalue weighted by atomic mass is 9.82. The summed E-state index contributed by atoms with van der Waals surface area (Å²) in [5, 5.41) is 18.3. The first-order valence-corrected chi connectivity index (χ1v) is 15.1. The number of carboxylic acid groups (broad SMARTS) is 1. The van der Waals surface area contributed by atoms with Gasteiger partial charge in [0.05, 0.1) is 29.0 Å². The van der Waals surface area contributed by atoms with Gasteiger partial charge in [0.25, 0.3) is 11.8 Å². The standard InChI is InChI=1S/C25H32N6O6S2/c1-14-4-6-25(2)15(8-14)9-17(29-25)22(34)26-18-10-31(39(36,37)13-21(32)33)11-19(18)27-23(35)24-28-16-5-7-30(3)12-20(16)38-24/h4,6,8-9,15,18-19,29H,5,7,10-13H2,1-3H3,(H,26,34)(H,27,35)(H,32,33)/t15?,18-,19-,25?/m1/s1. The van der Waals surface area contributed by atoms with E-state index in [2.05, 4.69) is 31.9 Å². The average molecular weight is 577 g/mol. The molecule has 4 N–H and O–H groups in total. The van der Waals surface area contributed by atoms with Gasteiger partial charge < -0.3 is 26.0 Å². The van der Waals surface area contributed by atoms with Crippen LogP contribution in [0.2, 0.25) is 0 Å². The fourth-order valence-corrected chi connectivity index (χ4v) is 7.71. The van der Waals surface area contributed by atoms with Crippen molar-refractivity contribution in [1.82, 2.24) is 30.1 Å². The van der Waals surface area contributed by atoms with Crippen molar-refractivity contribution in [2.75, 3.05) is 32.4 Å². The number of allylic oxidation sites excluding steroid dienone is 2. The van der Waals surface area contributed by atoms with Crippen LogP contribution >= 0.6 is 11.3 Å². The van der Waals surface area contributed by atoms with E-state index in [1.165, 1.54) is 11.3 Å². The maximum absolute atomic E-state index is 13.3. The molecule has 4 heterocycles. The molecule has 2 amide bonds. The van der Waals surface area contributed by atoms with Gasteiger partial charge in [0, 0.05) is 43.4 Å². The molecule has 1 fully saturated rings. The van der Waals surface area contributed by atoms with Crippen molar-refractivity contribution in [1.29, 1.82) is 0 Å². The van der Waals surface area contributed by atoms with Gasteiger partial charge in [0.1, 0.15) is 0 Å². The monoisotopic (exact) mass is 576 g/mol. The molecule has 12 nitrogen and oxygen atoms in total. The van der Waals surface area contributed by atoms with Crippen LogP contribution in [0, 0.1) is 5.92 Å². The zero-order chi connectivity index (χ0) is 28.1. The number of rotatable bonds is 7. The quantitative estimate of drug-likeness (QED) is 0.345. The van der Waals surface area contributed by atoms with E-state index >= 15 is 0 Å². The molecule has 1 aromatic heterocycles. The van der Waals surface area contributed by atoms with Crippen molar-refractivity contribution >= 4 is 39.1 Å². The second kappa shape index (κ2) is 10.2. The van der Waals surface area contributed by atoms with Crippen molar-refractivity contribution in [3.05, 3.63) is 51.2 Å². The Labute approximate surface area is 230 Å². The molecular weight excluding hydrogens is 544 g/mol. The molecule has 5 rings (SSSR count). The normalized spacial score (nSPS) is 28.6. The van der Waals surface area contributed by atoms with Crippen LogP contribution in [0.1, 0.15) is 34.2 Å². The van der Waals surface area contributed by atoms with E-state index in [1.54, 1.807) is 0 Å². The lowest BCUT2D eigenvalue weighted by Crippen LogP contribution is -2.52. The molecule has 0 bridgehead atoms. The predicted molar refractivity (Wildman–Crippen MR) is 144 cm³/mol. The molecule has 4 atom stereocenters. The summed E-state index contributed by atoms with van der Waals surface area (Å²) in [6.45, 7) is 5.18. The third-order valence-electron chi connectivity index (χ3n) is 7.56. The van der Waals surface area contributed by atoms with Crippen LogP contribution < -0.4 is 16.0 Å². The molecule has 1 aliphatic carbocycles. The summed E-state index contributed by atoms with van der Waals surface area (Å²) in [6, 6.07) is -1.56. The van der Waals surface area contributed by atoms with Gasteiger partial charge in [-0.2, -0.15) is 4.31 Å². The lowest BCUT2D eigenvalue weighted by molar-refractivity contribution is -0.134. The molecule has 4 aliphatic rings. The Hall–Kier alpha value is -3.07. The van der Waals surface area contributed by atoms with Gasteiger partial charge in [-0.05, 0) is 27.0 Å². The number of hydrogen-bond donors (Lipinski definition) is 4. The maximum Gasteiger partial charge on any atom is 0.320 e. The summed E-state index contributed by atoms with van der Waals surface area (Å²) in [5.41, 5.74) is 1.87. The fourth-order valence-electron chi connectivity index (χ4n) is 5.35. The van der Waals surface area contributed by atoms with Crippen LogP contribution in [0.3, 0.4) is 0 Å². The van der Waals surface area contributed by atoms with Gasteiger partial charge in [-0.15, -0.1) is 11.3 Å². The minimum atomic E-state index is -4.16. The van der Waals surface area contributed by atoms with Crippen molar-refractivity contribution in [3.8, 4) is 0 Å². The number of likely N-dealkylation sites (N-methyl/N-ethyl adjacent to an activating group) is 1. The topological polar surface area (TPSA) is 161 Å². The number of fused-ring (bicyclic) bond motifs is 2. The van der Waals surface area contributed by atoms with Crippen LogP contribution in [-0.4, -0.2) is 95.6 Å². The van der Waals surface area contributed by atoms with E-state index in [0.717, 1.165) is 33.4 Å². The highest BCUT2D eigenvalue weighted by atomic mass is 32.2. The fraction of sp³-hybridized carbons (Fsp3) is 0.520. The van der Waals surface area contributed by atoms with E-state index in [-0.39, 0.29) is 24.0 Å². The Balaban J connectivity index is 1.33. The van der Waals surface area contributed by atoms with Gasteiger partial charge in [-0.3, -0.25) is 14.4 Å². The van der Waals surface area contributed by atoms with Crippen LogP contribution in [-0.2, 0) is 32.6 Å². The number of amides is 2. The van der Waals surface area contributed by atoms with Gasteiger partial charge in [-0.25, -0.2) is 13.4 Å². The Morgan fingerprint density at radius 2 is 1.90 bits per heavy atom. The number of nitrogens with zero attached hydrogens (tertiary/aromatic N) is 3. The molecule has 0 radical (unpaired) electrons. The number of aromatic nitrogens is 1. The Morgan fingerprint density at radius 1 is 1.21 bits per heavy atom. The highest BCUT2D eigenvalue weighted by Gasteiger charge is 2.43. The smallest absolute Gasteiger partial charge is 0.320 e. The minimum Gasteiger partial charge on any atom is -0.480 e. The van der Waals surface area contributed by atoms with E-state index in [1.807, 2.05) is 39.1 Å². The highest BCUT2D eigenvalue weighted by molar-refractivity contribution is 7.89. The maximum atomic E-state index is 13.3. The Bertz CT molecular complexity index is 1420. The van der Waals surface area contributed by atoms with Crippen LogP contribution in [0.25, 0.3) is 0 Å². The van der Waals surface area contributed by atoms with Gasteiger partial charge in [-0.1, -0.05) is 23.8 Å². The Morgan fingerprint density at radius 3 is 2.59 bits per heavy atom. The van der Waals surface area contributed by atoms with Crippen molar-refractivity contribution in [2.24, 2.45) is 5.92 Å². The second-order valence-corrected chi connectivity index (χ2v) is 13.8. The molecule has 14 heteroatoms. The first kappa shape index (κ1) is 27.5. The number of thiazole rings is 1. The van der Waals surface area contributed by atoms with E-state index < -0.39 is 51.2 Å². The van der Waals surface area contributed by atoms with Gasteiger partial charge in [0.2, 0.25) is 10.0 Å². The number of carboxylic acids is 1. The first-order chi connectivity index (χ1) is 18.3. The van der Waals surface area contributed by atoms with Gasteiger partial charge in [0.15, 0.2) is 10.8 Å². The van der Waals surface area contributed by atoms with Crippen molar-refractivity contribution < 1.29 is 27.9 Å². The summed E-state index contributed by atoms with van der Waals surface area (Å²) in [4.78, 5) is 45.3. The van der Waals surface area contributed by atoms with E-state index in [9.17, 15) is 22.8 Å². The van der Waals surface area contributed by atoms with Crippen molar-refractivity contribution in [3.63, 3.8) is 0 Å². The molecular formula is C25H32N6O6S2. The van der Waals surface area contributed by atoms with Gasteiger partial charge >= 0.3 is 5.97 Å². The lowest BCUT2D eigenvalue weighted by Gasteiger charge is -2.30. The third-order valence-corrected chi connectivity index (χ3v) is 10.3. The molecule has 1 saturated heterocycles. The third kappa shape index (κ3) is 5.64. The minimum absolute atomic E-state index is 0.0234. The molecule has 1 aromatic rings. The summed E-state index contributed by atoms with van der Waals surface area (Å²) in [5.74, 6) is -3.47. The molecule has 2 unspecified atom stereocenters. The summed E-state index contributed by atoms with van der Waals surface area (Å²) >= 11 is 1.30. The zero-order valence-corrected chi connectivity index (χ0v) is 23.6. The number of carbonyl (C=O) groups is 3. The van der Waals surface area contributed by atoms with Crippen LogP contribution in [0.15, 0.2) is 35.6 Å². The number of aliphatic carboxylic acids is 1. The summed E-state index contributed by atoms with van der Waals surface area (Å²) in [7, 11) is -2.16. The number of nitrogens with one attached hydrogen (secondary N) is 3. The van der Waals surface area contributed by atoms with Crippen molar-refractivity contribution in [2.45, 2.75) is 44.4 Å². The van der Waals surface area contributed by atoms with E-state index in [4.69, 9.17) is 5.11 Å². The molecule has 39 heavy (non-hydrogen) atoms. The second-order valence-electron chi connectivity index (χ2n) is 10.8. The molecule has 210 valence electrons. The largest absolute Gasteiger partial charge is 0.480 e. The number of sulfonamides is 1. The average Bonchev–Trinajstić information content (AvgIpc) is 3.53. The highest BCUT2D eigenvalue weighted by Crippen LogP contribution is 2.34.